The highest BCUT2D eigenvalue weighted by Gasteiger charge is 2.15. The fraction of sp³-hybridized carbons (Fsp3) is 0.333. The maximum atomic E-state index is 9.85. The van der Waals surface area contributed by atoms with E-state index in [9.17, 15) is 5.11 Å². The van der Waals surface area contributed by atoms with E-state index >= 15 is 0 Å². The zero-order valence-electron chi connectivity index (χ0n) is 9.06. The van der Waals surface area contributed by atoms with Crippen LogP contribution >= 0.6 is 0 Å². The highest BCUT2D eigenvalue weighted by atomic mass is 16.5. The van der Waals surface area contributed by atoms with Gasteiger partial charge in [0.05, 0.1) is 20.3 Å². The highest BCUT2D eigenvalue weighted by molar-refractivity contribution is 5.47. The van der Waals surface area contributed by atoms with Crippen LogP contribution in [0.15, 0.2) is 30.9 Å². The van der Waals surface area contributed by atoms with E-state index in [4.69, 9.17) is 9.47 Å². The van der Waals surface area contributed by atoms with Gasteiger partial charge in [0.2, 0.25) is 0 Å². The molecule has 0 bridgehead atoms. The molecule has 0 saturated heterocycles. The van der Waals surface area contributed by atoms with Crippen LogP contribution in [0.5, 0.6) is 11.5 Å². The van der Waals surface area contributed by atoms with Crippen molar-refractivity contribution in [2.75, 3.05) is 14.2 Å². The second kappa shape index (κ2) is 5.41. The largest absolute Gasteiger partial charge is 0.493 e. The molecule has 82 valence electrons. The first-order chi connectivity index (χ1) is 7.24. The van der Waals surface area contributed by atoms with E-state index in [1.54, 1.807) is 26.4 Å². The molecule has 1 aromatic carbocycles. The molecule has 15 heavy (non-hydrogen) atoms. The summed E-state index contributed by atoms with van der Waals surface area (Å²) in [4.78, 5) is 0. The SMILES string of the molecule is C=CCC(O)c1cccc(OC)c1OC. The van der Waals surface area contributed by atoms with Crippen molar-refractivity contribution < 1.29 is 14.6 Å². The quantitative estimate of drug-likeness (QED) is 0.755. The lowest BCUT2D eigenvalue weighted by Gasteiger charge is -2.15. The van der Waals surface area contributed by atoms with Crippen LogP contribution < -0.4 is 9.47 Å². The number of hydrogen-bond acceptors (Lipinski definition) is 3. The molecule has 1 unspecified atom stereocenters. The van der Waals surface area contributed by atoms with Crippen molar-refractivity contribution in [3.8, 4) is 11.5 Å². The van der Waals surface area contributed by atoms with E-state index in [-0.39, 0.29) is 0 Å². The Hall–Kier alpha value is -1.48. The average Bonchev–Trinajstić information content (AvgIpc) is 2.28. The Bertz CT molecular complexity index is 334. The molecular formula is C12H16O3. The molecule has 1 aromatic rings. The van der Waals surface area contributed by atoms with E-state index in [1.807, 2.05) is 12.1 Å². The van der Waals surface area contributed by atoms with Crippen molar-refractivity contribution in [2.24, 2.45) is 0 Å². The monoisotopic (exact) mass is 208 g/mol. The number of ether oxygens (including phenoxy) is 2. The summed E-state index contributed by atoms with van der Waals surface area (Å²) in [6.07, 6.45) is 1.56. The smallest absolute Gasteiger partial charge is 0.166 e. The van der Waals surface area contributed by atoms with Crippen LogP contribution in [0, 0.1) is 0 Å². The first kappa shape index (κ1) is 11.6. The van der Waals surface area contributed by atoms with E-state index in [0.717, 1.165) is 5.56 Å². The molecule has 0 aliphatic rings. The molecule has 0 aliphatic carbocycles. The summed E-state index contributed by atoms with van der Waals surface area (Å²) in [6, 6.07) is 5.43. The van der Waals surface area contributed by atoms with Gasteiger partial charge in [0.15, 0.2) is 11.5 Å². The zero-order valence-corrected chi connectivity index (χ0v) is 9.06. The minimum atomic E-state index is -0.604. The predicted molar refractivity (Wildman–Crippen MR) is 59.3 cm³/mol. The Kier molecular flexibility index (Phi) is 4.18. The minimum absolute atomic E-state index is 0.490. The normalized spacial score (nSPS) is 11.9. The summed E-state index contributed by atoms with van der Waals surface area (Å²) in [7, 11) is 3.13. The van der Waals surface area contributed by atoms with Crippen molar-refractivity contribution in [2.45, 2.75) is 12.5 Å². The van der Waals surface area contributed by atoms with Gasteiger partial charge in [-0.15, -0.1) is 6.58 Å². The molecule has 0 fully saturated rings. The lowest BCUT2D eigenvalue weighted by atomic mass is 10.0. The molecule has 0 amide bonds. The Morgan fingerprint density at radius 3 is 2.67 bits per heavy atom. The van der Waals surface area contributed by atoms with Crippen LogP contribution in [0.25, 0.3) is 0 Å². The van der Waals surface area contributed by atoms with Crippen LogP contribution in [0.3, 0.4) is 0 Å². The first-order valence-corrected chi connectivity index (χ1v) is 4.74. The topological polar surface area (TPSA) is 38.7 Å². The predicted octanol–water partition coefficient (Wildman–Crippen LogP) is 2.31. The van der Waals surface area contributed by atoms with E-state index in [1.165, 1.54) is 0 Å². The summed E-state index contributed by atoms with van der Waals surface area (Å²) in [5, 5.41) is 9.85. The molecule has 1 atom stereocenters. The summed E-state index contributed by atoms with van der Waals surface area (Å²) < 4.78 is 10.4. The lowest BCUT2D eigenvalue weighted by Crippen LogP contribution is -2.01. The van der Waals surface area contributed by atoms with Crippen LogP contribution in [-0.2, 0) is 0 Å². The zero-order chi connectivity index (χ0) is 11.3. The molecule has 3 nitrogen and oxygen atoms in total. The molecule has 0 heterocycles. The fourth-order valence-electron chi connectivity index (χ4n) is 1.46. The third kappa shape index (κ3) is 2.50. The van der Waals surface area contributed by atoms with Gasteiger partial charge >= 0.3 is 0 Å². The number of aliphatic hydroxyl groups is 1. The maximum absolute atomic E-state index is 9.85. The highest BCUT2D eigenvalue weighted by Crippen LogP contribution is 2.35. The van der Waals surface area contributed by atoms with E-state index < -0.39 is 6.10 Å². The van der Waals surface area contributed by atoms with Crippen molar-refractivity contribution in [1.82, 2.24) is 0 Å². The third-order valence-electron chi connectivity index (χ3n) is 2.18. The fourth-order valence-corrected chi connectivity index (χ4v) is 1.46. The molecule has 0 aliphatic heterocycles. The molecule has 0 saturated carbocycles. The summed E-state index contributed by atoms with van der Waals surface area (Å²) >= 11 is 0. The molecule has 1 N–H and O–H groups in total. The molecule has 0 spiro atoms. The third-order valence-corrected chi connectivity index (χ3v) is 2.18. The summed E-state index contributed by atoms with van der Waals surface area (Å²) in [5.41, 5.74) is 0.719. The van der Waals surface area contributed by atoms with Crippen molar-refractivity contribution in [3.05, 3.63) is 36.4 Å². The van der Waals surface area contributed by atoms with Crippen molar-refractivity contribution in [3.63, 3.8) is 0 Å². The summed E-state index contributed by atoms with van der Waals surface area (Å²) in [6.45, 7) is 3.59. The van der Waals surface area contributed by atoms with Gasteiger partial charge in [-0.1, -0.05) is 18.2 Å². The number of rotatable bonds is 5. The average molecular weight is 208 g/mol. The number of hydrogen-bond donors (Lipinski definition) is 1. The molecule has 0 radical (unpaired) electrons. The van der Waals surface area contributed by atoms with E-state index in [0.29, 0.717) is 17.9 Å². The first-order valence-electron chi connectivity index (χ1n) is 4.74. The minimum Gasteiger partial charge on any atom is -0.493 e. The Morgan fingerprint density at radius 1 is 1.40 bits per heavy atom. The van der Waals surface area contributed by atoms with Gasteiger partial charge in [-0.25, -0.2) is 0 Å². The Balaban J connectivity index is 3.10. The number of benzene rings is 1. The Labute approximate surface area is 90.0 Å². The van der Waals surface area contributed by atoms with Gasteiger partial charge < -0.3 is 14.6 Å². The molecular weight excluding hydrogens is 192 g/mol. The van der Waals surface area contributed by atoms with Gasteiger partial charge in [-0.3, -0.25) is 0 Å². The van der Waals surface area contributed by atoms with E-state index in [2.05, 4.69) is 6.58 Å². The van der Waals surface area contributed by atoms with Gasteiger partial charge in [-0.05, 0) is 12.5 Å². The summed E-state index contributed by atoms with van der Waals surface area (Å²) in [5.74, 6) is 1.20. The van der Waals surface area contributed by atoms with Gasteiger partial charge in [-0.2, -0.15) is 0 Å². The van der Waals surface area contributed by atoms with Crippen LogP contribution in [-0.4, -0.2) is 19.3 Å². The number of methoxy groups -OCH3 is 2. The second-order valence-electron chi connectivity index (χ2n) is 3.12. The van der Waals surface area contributed by atoms with Crippen LogP contribution in [0.2, 0.25) is 0 Å². The van der Waals surface area contributed by atoms with Gasteiger partial charge in [0.1, 0.15) is 0 Å². The molecule has 3 heteroatoms. The lowest BCUT2D eigenvalue weighted by molar-refractivity contribution is 0.176. The van der Waals surface area contributed by atoms with Gasteiger partial charge in [0.25, 0.3) is 0 Å². The van der Waals surface area contributed by atoms with Crippen molar-refractivity contribution in [1.29, 1.82) is 0 Å². The maximum Gasteiger partial charge on any atom is 0.166 e. The second-order valence-corrected chi connectivity index (χ2v) is 3.12. The van der Waals surface area contributed by atoms with Crippen LogP contribution in [0.4, 0.5) is 0 Å². The number of para-hydroxylation sites is 1. The standard InChI is InChI=1S/C12H16O3/c1-4-6-10(13)9-7-5-8-11(14-2)12(9)15-3/h4-5,7-8,10,13H,1,6H2,2-3H3. The van der Waals surface area contributed by atoms with Gasteiger partial charge in [0, 0.05) is 5.56 Å². The van der Waals surface area contributed by atoms with Crippen LogP contribution in [0.1, 0.15) is 18.1 Å². The van der Waals surface area contributed by atoms with Crippen molar-refractivity contribution >= 4 is 0 Å². The molecule has 0 aromatic heterocycles. The Morgan fingerprint density at radius 2 is 2.13 bits per heavy atom. The number of aliphatic hydroxyl groups excluding tert-OH is 1. The molecule has 1 rings (SSSR count).